The Labute approximate surface area is 127 Å². The van der Waals surface area contributed by atoms with E-state index in [1.807, 2.05) is 25.1 Å². The Hall–Kier alpha value is -1.77. The molecule has 0 spiro atoms. The second-order valence-corrected chi connectivity index (χ2v) is 5.59. The third kappa shape index (κ3) is 3.12. The zero-order valence-corrected chi connectivity index (χ0v) is 13.6. The van der Waals surface area contributed by atoms with E-state index >= 15 is 0 Å². The number of hydrogen-bond donors (Lipinski definition) is 1. The molecule has 0 saturated heterocycles. The summed E-state index contributed by atoms with van der Waals surface area (Å²) in [6.45, 7) is 9.28. The fourth-order valence-electron chi connectivity index (χ4n) is 2.78. The zero-order chi connectivity index (χ0) is 15.4. The van der Waals surface area contributed by atoms with Crippen LogP contribution in [0.25, 0.3) is 10.9 Å². The molecule has 1 aromatic heterocycles. The number of pyridine rings is 1. The van der Waals surface area contributed by atoms with Crippen LogP contribution in [0, 0.1) is 12.8 Å². The van der Waals surface area contributed by atoms with Crippen LogP contribution in [0.2, 0.25) is 0 Å². The molecule has 0 aliphatic rings. The fourth-order valence-corrected chi connectivity index (χ4v) is 2.78. The van der Waals surface area contributed by atoms with Gasteiger partial charge in [-0.2, -0.15) is 0 Å². The molecule has 0 bridgehead atoms. The monoisotopic (exact) mass is 286 g/mol. The predicted octanol–water partition coefficient (Wildman–Crippen LogP) is 4.50. The van der Waals surface area contributed by atoms with Crippen LogP contribution in [0.15, 0.2) is 18.2 Å². The van der Waals surface area contributed by atoms with E-state index in [0.29, 0.717) is 5.92 Å². The first-order chi connectivity index (χ1) is 10.1. The van der Waals surface area contributed by atoms with Crippen LogP contribution in [-0.4, -0.2) is 11.6 Å². The summed E-state index contributed by atoms with van der Waals surface area (Å²) in [5, 5.41) is 0.964. The molecule has 0 aliphatic heterocycles. The quantitative estimate of drug-likeness (QED) is 0.850. The highest BCUT2D eigenvalue weighted by atomic mass is 16.5. The highest BCUT2D eigenvalue weighted by Gasteiger charge is 2.14. The van der Waals surface area contributed by atoms with Crippen LogP contribution in [0.4, 0.5) is 5.69 Å². The van der Waals surface area contributed by atoms with Crippen LogP contribution < -0.4 is 10.5 Å². The number of aromatic nitrogens is 1. The topological polar surface area (TPSA) is 48.1 Å². The Bertz CT molecular complexity index is 618. The Kier molecular flexibility index (Phi) is 5.05. The van der Waals surface area contributed by atoms with E-state index < -0.39 is 0 Å². The van der Waals surface area contributed by atoms with Gasteiger partial charge in [-0.3, -0.25) is 4.98 Å². The molecule has 2 N–H and O–H groups in total. The highest BCUT2D eigenvalue weighted by Crippen LogP contribution is 2.33. The molecular formula is C18H26N2O. The van der Waals surface area contributed by atoms with Gasteiger partial charge in [0.15, 0.2) is 0 Å². The summed E-state index contributed by atoms with van der Waals surface area (Å²) >= 11 is 0. The van der Waals surface area contributed by atoms with Gasteiger partial charge in [0.1, 0.15) is 5.75 Å². The molecule has 1 heterocycles. The van der Waals surface area contributed by atoms with Crippen molar-refractivity contribution in [1.29, 1.82) is 0 Å². The maximum absolute atomic E-state index is 6.38. The molecule has 1 aromatic carbocycles. The lowest BCUT2D eigenvalue weighted by Crippen LogP contribution is -2.11. The number of nitrogens with two attached hydrogens (primary N) is 1. The summed E-state index contributed by atoms with van der Waals surface area (Å²) in [4.78, 5) is 4.68. The fraction of sp³-hybridized carbons (Fsp3) is 0.500. The van der Waals surface area contributed by atoms with Crippen molar-refractivity contribution in [1.82, 2.24) is 4.98 Å². The van der Waals surface area contributed by atoms with E-state index in [-0.39, 0.29) is 0 Å². The van der Waals surface area contributed by atoms with E-state index in [1.54, 1.807) is 0 Å². The molecule has 2 aromatic rings. The standard InChI is InChI=1S/C18H26N2O/c1-5-13(6-2)11-21-16-10-8-9-15-17(16)18(19)14(7-3)12(4)20-15/h8-10,13H,5-7,11H2,1-4H3,(H2,19,20). The maximum Gasteiger partial charge on any atom is 0.130 e. The third-order valence-corrected chi connectivity index (χ3v) is 4.31. The lowest BCUT2D eigenvalue weighted by Gasteiger charge is -2.17. The van der Waals surface area contributed by atoms with E-state index in [0.717, 1.165) is 59.5 Å². The molecule has 0 amide bonds. The zero-order valence-electron chi connectivity index (χ0n) is 13.6. The van der Waals surface area contributed by atoms with Crippen LogP contribution in [0.3, 0.4) is 0 Å². The van der Waals surface area contributed by atoms with Gasteiger partial charge in [-0.05, 0) is 37.0 Å². The summed E-state index contributed by atoms with van der Waals surface area (Å²) in [6, 6.07) is 5.99. The molecular weight excluding hydrogens is 260 g/mol. The summed E-state index contributed by atoms with van der Waals surface area (Å²) in [5.74, 6) is 1.45. The number of hydrogen-bond acceptors (Lipinski definition) is 3. The summed E-state index contributed by atoms with van der Waals surface area (Å²) in [5.41, 5.74) is 10.3. The van der Waals surface area contributed by atoms with Crippen molar-refractivity contribution in [2.75, 3.05) is 12.3 Å². The summed E-state index contributed by atoms with van der Waals surface area (Å²) in [6.07, 6.45) is 3.16. The van der Waals surface area contributed by atoms with Crippen molar-refractivity contribution in [2.24, 2.45) is 5.92 Å². The van der Waals surface area contributed by atoms with E-state index in [9.17, 15) is 0 Å². The smallest absolute Gasteiger partial charge is 0.130 e. The molecule has 0 fully saturated rings. The lowest BCUT2D eigenvalue weighted by molar-refractivity contribution is 0.243. The summed E-state index contributed by atoms with van der Waals surface area (Å²) in [7, 11) is 0. The Morgan fingerprint density at radius 1 is 1.19 bits per heavy atom. The van der Waals surface area contributed by atoms with Crippen LogP contribution >= 0.6 is 0 Å². The van der Waals surface area contributed by atoms with Crippen LogP contribution in [0.1, 0.15) is 44.9 Å². The number of aryl methyl sites for hydroxylation is 1. The van der Waals surface area contributed by atoms with E-state index in [1.165, 1.54) is 0 Å². The lowest BCUT2D eigenvalue weighted by atomic mass is 10.0. The largest absolute Gasteiger partial charge is 0.493 e. The Morgan fingerprint density at radius 2 is 1.90 bits per heavy atom. The second-order valence-electron chi connectivity index (χ2n) is 5.59. The van der Waals surface area contributed by atoms with Gasteiger partial charge in [0.05, 0.1) is 17.5 Å². The molecule has 21 heavy (non-hydrogen) atoms. The number of ether oxygens (including phenoxy) is 1. The van der Waals surface area contributed by atoms with Crippen molar-refractivity contribution in [3.8, 4) is 5.75 Å². The summed E-state index contributed by atoms with van der Waals surface area (Å²) < 4.78 is 6.06. The Balaban J connectivity index is 2.44. The van der Waals surface area contributed by atoms with Crippen LogP contribution in [-0.2, 0) is 6.42 Å². The first-order valence-corrected chi connectivity index (χ1v) is 7.92. The van der Waals surface area contributed by atoms with Gasteiger partial charge in [0, 0.05) is 11.4 Å². The number of anilines is 1. The maximum atomic E-state index is 6.38. The number of fused-ring (bicyclic) bond motifs is 1. The van der Waals surface area contributed by atoms with E-state index in [2.05, 4.69) is 25.8 Å². The Morgan fingerprint density at radius 3 is 2.52 bits per heavy atom. The van der Waals surface area contributed by atoms with Crippen molar-refractivity contribution < 1.29 is 4.74 Å². The van der Waals surface area contributed by atoms with Gasteiger partial charge in [0.25, 0.3) is 0 Å². The first-order valence-electron chi connectivity index (χ1n) is 7.92. The van der Waals surface area contributed by atoms with Gasteiger partial charge in [-0.25, -0.2) is 0 Å². The van der Waals surface area contributed by atoms with Gasteiger partial charge < -0.3 is 10.5 Å². The van der Waals surface area contributed by atoms with Crippen molar-refractivity contribution in [2.45, 2.75) is 47.0 Å². The number of nitrogen functional groups attached to an aromatic ring is 1. The molecule has 3 nitrogen and oxygen atoms in total. The predicted molar refractivity (Wildman–Crippen MR) is 89.8 cm³/mol. The van der Waals surface area contributed by atoms with Gasteiger partial charge in [-0.15, -0.1) is 0 Å². The molecule has 0 unspecified atom stereocenters. The number of benzene rings is 1. The molecule has 0 saturated carbocycles. The molecule has 0 atom stereocenters. The minimum atomic E-state index is 0.588. The third-order valence-electron chi connectivity index (χ3n) is 4.31. The normalized spacial score (nSPS) is 11.3. The number of rotatable bonds is 6. The SMILES string of the molecule is CCc1c(C)nc2cccc(OCC(CC)CC)c2c1N. The average Bonchev–Trinajstić information content (AvgIpc) is 2.48. The van der Waals surface area contributed by atoms with Crippen LogP contribution in [0.5, 0.6) is 5.75 Å². The van der Waals surface area contributed by atoms with Gasteiger partial charge in [0.2, 0.25) is 0 Å². The van der Waals surface area contributed by atoms with Crippen molar-refractivity contribution in [3.05, 3.63) is 29.5 Å². The van der Waals surface area contributed by atoms with E-state index in [4.69, 9.17) is 10.5 Å². The molecule has 2 rings (SSSR count). The highest BCUT2D eigenvalue weighted by molar-refractivity contribution is 5.97. The molecule has 0 aliphatic carbocycles. The average molecular weight is 286 g/mol. The molecule has 114 valence electrons. The van der Waals surface area contributed by atoms with Gasteiger partial charge in [-0.1, -0.05) is 39.7 Å². The van der Waals surface area contributed by atoms with Gasteiger partial charge >= 0.3 is 0 Å². The minimum Gasteiger partial charge on any atom is -0.493 e. The molecule has 0 radical (unpaired) electrons. The second kappa shape index (κ2) is 6.79. The minimum absolute atomic E-state index is 0.588. The molecule has 3 heteroatoms. The first kappa shape index (κ1) is 15.6. The number of nitrogens with zero attached hydrogens (tertiary/aromatic N) is 1. The van der Waals surface area contributed by atoms with Crippen molar-refractivity contribution in [3.63, 3.8) is 0 Å². The van der Waals surface area contributed by atoms with Crippen molar-refractivity contribution >= 4 is 16.6 Å².